The molecule has 24 heavy (non-hydrogen) atoms. The van der Waals surface area contributed by atoms with E-state index in [0.717, 1.165) is 16.6 Å². The average molecular weight is 324 g/mol. The van der Waals surface area contributed by atoms with Gasteiger partial charge in [0.15, 0.2) is 5.60 Å². The summed E-state index contributed by atoms with van der Waals surface area (Å²) in [6, 6.07) is 7.79. The summed E-state index contributed by atoms with van der Waals surface area (Å²) < 4.78 is 1.91. The number of likely N-dealkylation sites (tertiary alicyclic amines) is 1. The summed E-state index contributed by atoms with van der Waals surface area (Å²) in [6.45, 7) is 1.14. The number of aryl methyl sites for hydroxylation is 1. The lowest BCUT2D eigenvalue weighted by molar-refractivity contribution is -0.155. The largest absolute Gasteiger partial charge is 0.378 e. The second-order valence-electron chi connectivity index (χ2n) is 6.62. The molecule has 124 valence electrons. The molecule has 1 N–H and O–H groups in total. The lowest BCUT2D eigenvalue weighted by atomic mass is 9.92. The van der Waals surface area contributed by atoms with E-state index in [4.69, 9.17) is 0 Å². The quantitative estimate of drug-likeness (QED) is 0.895. The van der Waals surface area contributed by atoms with Gasteiger partial charge in [-0.2, -0.15) is 0 Å². The van der Waals surface area contributed by atoms with Crippen molar-refractivity contribution in [3.63, 3.8) is 0 Å². The summed E-state index contributed by atoms with van der Waals surface area (Å²) in [5.74, 6) is 0.594. The van der Waals surface area contributed by atoms with E-state index in [-0.39, 0.29) is 19.0 Å². The van der Waals surface area contributed by atoms with Gasteiger partial charge in [-0.3, -0.25) is 4.79 Å². The minimum atomic E-state index is -1.08. The van der Waals surface area contributed by atoms with Gasteiger partial charge in [-0.05, 0) is 24.4 Å². The molecule has 0 atom stereocenters. The number of likely N-dealkylation sites (N-methyl/N-ethyl adjacent to an activating group) is 1. The van der Waals surface area contributed by atoms with E-state index in [9.17, 15) is 9.90 Å². The number of hydrogen-bond acceptors (Lipinski definition) is 4. The monoisotopic (exact) mass is 324 g/mol. The van der Waals surface area contributed by atoms with Crippen molar-refractivity contribution in [2.45, 2.75) is 5.60 Å². The number of aliphatic hydroxyl groups is 1. The number of benzene rings is 1. The maximum absolute atomic E-state index is 12.6. The highest BCUT2D eigenvalue weighted by atomic mass is 16.3. The van der Waals surface area contributed by atoms with Gasteiger partial charge < -0.3 is 19.5 Å². The van der Waals surface area contributed by atoms with Gasteiger partial charge in [0.2, 0.25) is 0 Å². The number of carbonyl (C=O) groups excluding carboxylic acids is 1. The van der Waals surface area contributed by atoms with E-state index < -0.39 is 5.60 Å². The predicted molar refractivity (Wildman–Crippen MR) is 91.0 cm³/mol. The zero-order chi connectivity index (χ0) is 16.9. The average Bonchev–Trinajstić information content (AvgIpc) is 2.89. The minimum absolute atomic E-state index is 0.0189. The van der Waals surface area contributed by atoms with Crippen molar-refractivity contribution in [2.75, 3.05) is 26.7 Å². The van der Waals surface area contributed by atoms with Crippen LogP contribution in [0.2, 0.25) is 0 Å². The van der Waals surface area contributed by atoms with Crippen molar-refractivity contribution in [3.05, 3.63) is 54.0 Å². The molecular weight excluding hydrogens is 304 g/mol. The number of carbonyl (C=O) groups is 1. The first kappa shape index (κ1) is 15.0. The molecule has 3 heterocycles. The van der Waals surface area contributed by atoms with Crippen LogP contribution in [0.1, 0.15) is 5.82 Å². The molecule has 0 spiro atoms. The Balaban J connectivity index is 1.55. The van der Waals surface area contributed by atoms with Gasteiger partial charge in [0.25, 0.3) is 5.91 Å². The normalized spacial score (nSPS) is 19.4. The molecule has 1 fully saturated rings. The van der Waals surface area contributed by atoms with Gasteiger partial charge in [0.1, 0.15) is 5.82 Å². The summed E-state index contributed by atoms with van der Waals surface area (Å²) in [4.78, 5) is 20.8. The van der Waals surface area contributed by atoms with Crippen LogP contribution >= 0.6 is 0 Å². The number of para-hydroxylation sites is 2. The number of allylic oxidation sites excluding steroid dienone is 2. The maximum atomic E-state index is 12.6. The van der Waals surface area contributed by atoms with Crippen molar-refractivity contribution >= 4 is 16.9 Å². The molecule has 6 heteroatoms. The Morgan fingerprint density at radius 3 is 2.71 bits per heavy atom. The number of imidazole rings is 1. The van der Waals surface area contributed by atoms with Gasteiger partial charge in [-0.25, -0.2) is 4.98 Å². The minimum Gasteiger partial charge on any atom is -0.378 e. The Hall–Kier alpha value is -2.60. The second-order valence-corrected chi connectivity index (χ2v) is 6.62. The van der Waals surface area contributed by atoms with Crippen molar-refractivity contribution in [2.24, 2.45) is 7.05 Å². The van der Waals surface area contributed by atoms with Crippen LogP contribution in [0.3, 0.4) is 0 Å². The van der Waals surface area contributed by atoms with Crippen molar-refractivity contribution in [1.82, 2.24) is 19.4 Å². The molecule has 2 aliphatic heterocycles. The molecule has 0 bridgehead atoms. The fourth-order valence-electron chi connectivity index (χ4n) is 3.45. The Morgan fingerprint density at radius 1 is 1.25 bits per heavy atom. The molecule has 1 saturated heterocycles. The number of β-amino-alcohol motifs (C(OH)–C–C–N with tert-alkyl or cyclic N) is 1. The molecule has 0 unspecified atom stereocenters. The summed E-state index contributed by atoms with van der Waals surface area (Å²) >= 11 is 0. The van der Waals surface area contributed by atoms with E-state index in [0.29, 0.717) is 12.4 Å². The first-order valence-electron chi connectivity index (χ1n) is 7.99. The Morgan fingerprint density at radius 2 is 2.00 bits per heavy atom. The smallest absolute Gasteiger partial charge is 0.251 e. The summed E-state index contributed by atoms with van der Waals surface area (Å²) in [6.07, 6.45) is 5.64. The lowest BCUT2D eigenvalue weighted by Crippen LogP contribution is -2.62. The molecular formula is C18H20N4O2. The zero-order valence-electron chi connectivity index (χ0n) is 13.8. The fraction of sp³-hybridized carbons (Fsp3) is 0.333. The van der Waals surface area contributed by atoms with Crippen LogP contribution in [0.4, 0.5) is 0 Å². The van der Waals surface area contributed by atoms with Gasteiger partial charge >= 0.3 is 0 Å². The predicted octanol–water partition coefficient (Wildman–Crippen LogP) is 0.989. The molecule has 1 aromatic heterocycles. The van der Waals surface area contributed by atoms with Crippen LogP contribution in [-0.4, -0.2) is 57.0 Å². The van der Waals surface area contributed by atoms with Crippen LogP contribution < -0.4 is 0 Å². The molecule has 0 radical (unpaired) electrons. The number of amides is 1. The van der Waals surface area contributed by atoms with Gasteiger partial charge in [-0.1, -0.05) is 18.2 Å². The number of hydrogen-bond donors (Lipinski definition) is 1. The van der Waals surface area contributed by atoms with E-state index in [1.54, 1.807) is 4.90 Å². The van der Waals surface area contributed by atoms with Crippen molar-refractivity contribution in [3.8, 4) is 0 Å². The zero-order valence-corrected chi connectivity index (χ0v) is 13.8. The molecule has 0 aliphatic carbocycles. The van der Waals surface area contributed by atoms with Gasteiger partial charge in [0.05, 0.1) is 24.1 Å². The number of aromatic nitrogens is 2. The number of nitrogens with zero attached hydrogens (tertiary/aromatic N) is 4. The first-order valence-corrected chi connectivity index (χ1v) is 7.99. The van der Waals surface area contributed by atoms with Crippen LogP contribution in [-0.2, 0) is 17.4 Å². The van der Waals surface area contributed by atoms with Crippen molar-refractivity contribution in [1.29, 1.82) is 0 Å². The van der Waals surface area contributed by atoms with E-state index in [1.807, 2.05) is 66.2 Å². The Labute approximate surface area is 140 Å². The highest BCUT2D eigenvalue weighted by Gasteiger charge is 2.48. The molecule has 0 saturated carbocycles. The maximum Gasteiger partial charge on any atom is 0.251 e. The standard InChI is InChI=1S/C18H20N4O2/c1-20-9-5-6-13(10-20)16(23)22-11-18(24,12-22)17-19-14-7-3-4-8-15(14)21(17)2/h3-9,24H,10-12H2,1-2H3. The topological polar surface area (TPSA) is 61.6 Å². The number of rotatable bonds is 2. The third-order valence-corrected chi connectivity index (χ3v) is 4.73. The molecule has 2 aliphatic rings. The van der Waals surface area contributed by atoms with Crippen LogP contribution in [0.15, 0.2) is 48.2 Å². The third kappa shape index (κ3) is 2.22. The third-order valence-electron chi connectivity index (χ3n) is 4.73. The molecule has 6 nitrogen and oxygen atoms in total. The van der Waals surface area contributed by atoms with Crippen LogP contribution in [0.5, 0.6) is 0 Å². The molecule has 2 aromatic rings. The van der Waals surface area contributed by atoms with Crippen LogP contribution in [0.25, 0.3) is 11.0 Å². The van der Waals surface area contributed by atoms with Crippen molar-refractivity contribution < 1.29 is 9.90 Å². The summed E-state index contributed by atoms with van der Waals surface area (Å²) in [5, 5.41) is 10.9. The second kappa shape index (κ2) is 5.21. The molecule has 1 amide bonds. The SMILES string of the molecule is CN1C=CC=C(C(=O)N2CC(O)(c3nc4ccccc4n3C)C2)C1. The molecule has 4 rings (SSSR count). The van der Waals surface area contributed by atoms with Gasteiger partial charge in [0, 0.05) is 26.2 Å². The van der Waals surface area contributed by atoms with E-state index in [2.05, 4.69) is 4.98 Å². The van der Waals surface area contributed by atoms with Crippen LogP contribution in [0, 0.1) is 0 Å². The van der Waals surface area contributed by atoms with Gasteiger partial charge in [-0.15, -0.1) is 0 Å². The Kier molecular flexibility index (Phi) is 3.25. The first-order chi connectivity index (χ1) is 11.5. The van der Waals surface area contributed by atoms with E-state index >= 15 is 0 Å². The summed E-state index contributed by atoms with van der Waals surface area (Å²) in [7, 11) is 3.83. The fourth-order valence-corrected chi connectivity index (χ4v) is 3.45. The lowest BCUT2D eigenvalue weighted by Gasteiger charge is -2.46. The summed E-state index contributed by atoms with van der Waals surface area (Å²) in [5.41, 5.74) is 1.50. The van der Waals surface area contributed by atoms with E-state index in [1.165, 1.54) is 0 Å². The molecule has 1 aromatic carbocycles. The Bertz CT molecular complexity index is 874. The highest BCUT2D eigenvalue weighted by Crippen LogP contribution is 2.33. The number of fused-ring (bicyclic) bond motifs is 1. The highest BCUT2D eigenvalue weighted by molar-refractivity contribution is 5.95.